The van der Waals surface area contributed by atoms with Crippen molar-refractivity contribution in [3.8, 4) is 22.3 Å². The Morgan fingerprint density at radius 1 is 0.310 bits per heavy atom. The normalized spacial score (nSPS) is 11.4. The molecular weight excluding hydrogens is 512 g/mol. The molecule has 0 aliphatic carbocycles. The second-order valence-electron chi connectivity index (χ2n) is 10.1. The van der Waals surface area contributed by atoms with Gasteiger partial charge in [-0.05, 0) is 55.7 Å². The summed E-state index contributed by atoms with van der Waals surface area (Å²) in [5.74, 6) is 0. The molecule has 42 heavy (non-hydrogen) atoms. The lowest BCUT2D eigenvalue weighted by molar-refractivity contribution is 0.111. The Morgan fingerprint density at radius 2 is 0.571 bits per heavy atom. The fraction of sp³-hybridized carbons (Fsp3) is 0. The maximum absolute atomic E-state index is 11.1. The van der Waals surface area contributed by atoms with Crippen LogP contribution in [0, 0.1) is 0 Å². The van der Waals surface area contributed by atoms with E-state index in [1.807, 2.05) is 60.7 Å². The zero-order valence-electron chi connectivity index (χ0n) is 23.0. The van der Waals surface area contributed by atoms with Gasteiger partial charge in [0.05, 0.1) is 0 Å². The number of hydrogen-bond donors (Lipinski definition) is 0. The van der Waals surface area contributed by atoms with Crippen molar-refractivity contribution in [1.29, 1.82) is 0 Å². The van der Waals surface area contributed by atoms with Crippen LogP contribution in [-0.4, -0.2) is 12.6 Å². The molecule has 0 saturated heterocycles. The van der Waals surface area contributed by atoms with Gasteiger partial charge in [0.1, 0.15) is 12.6 Å². The first-order valence-electron chi connectivity index (χ1n) is 13.9. The summed E-state index contributed by atoms with van der Waals surface area (Å²) in [6.07, 6.45) is 1.73. The fourth-order valence-electron chi connectivity index (χ4n) is 5.29. The molecule has 0 aliphatic rings. The van der Waals surface area contributed by atoms with Crippen molar-refractivity contribution in [1.82, 2.24) is 0 Å². The molecule has 6 aromatic rings. The van der Waals surface area contributed by atoms with Crippen molar-refractivity contribution in [3.63, 3.8) is 0 Å². The van der Waals surface area contributed by atoms with Crippen molar-refractivity contribution in [2.24, 2.45) is 0 Å². The van der Waals surface area contributed by atoms with Crippen LogP contribution in [0.5, 0.6) is 0 Å². The van der Waals surface area contributed by atoms with Crippen molar-refractivity contribution >= 4 is 23.7 Å². The molecule has 0 bridgehead atoms. The van der Waals surface area contributed by atoms with Crippen LogP contribution in [0.3, 0.4) is 0 Å². The van der Waals surface area contributed by atoms with E-state index in [0.29, 0.717) is 11.1 Å². The van der Waals surface area contributed by atoms with Gasteiger partial charge in [0, 0.05) is 11.1 Å². The molecule has 0 N–H and O–H groups in total. The van der Waals surface area contributed by atoms with Crippen molar-refractivity contribution < 1.29 is 9.59 Å². The Labute approximate surface area is 246 Å². The Bertz CT molecular complexity index is 1690. The molecule has 0 amide bonds. The minimum absolute atomic E-state index is 0.668. The SMILES string of the molecule is O=Cc1ccc(-c2ccc(/C(=C(/c3ccccc3)c3ccc(-c4ccc(C=O)cc4)cc3)c3ccccc3)cc2)cc1. The summed E-state index contributed by atoms with van der Waals surface area (Å²) in [6, 6.07) is 53.6. The molecular formula is C40H28O2. The molecule has 2 heteroatoms. The van der Waals surface area contributed by atoms with Gasteiger partial charge in [0.15, 0.2) is 0 Å². The van der Waals surface area contributed by atoms with Crippen molar-refractivity contribution in [2.45, 2.75) is 0 Å². The minimum Gasteiger partial charge on any atom is -0.298 e. The molecule has 6 aromatic carbocycles. The lowest BCUT2D eigenvalue weighted by Gasteiger charge is -2.19. The number of carbonyl (C=O) groups is 2. The number of rotatable bonds is 8. The largest absolute Gasteiger partial charge is 0.298 e. The first kappa shape index (κ1) is 26.6. The molecule has 0 aromatic heterocycles. The molecule has 0 atom stereocenters. The Balaban J connectivity index is 1.50. The predicted molar refractivity (Wildman–Crippen MR) is 172 cm³/mol. The minimum atomic E-state index is 0.668. The Hall–Kier alpha value is -5.60. The maximum atomic E-state index is 11.1. The summed E-state index contributed by atoms with van der Waals surface area (Å²) in [5.41, 5.74) is 12.4. The van der Waals surface area contributed by atoms with Gasteiger partial charge in [-0.3, -0.25) is 9.59 Å². The highest BCUT2D eigenvalue weighted by molar-refractivity contribution is 6.04. The second-order valence-corrected chi connectivity index (χ2v) is 10.1. The molecule has 0 radical (unpaired) electrons. The maximum Gasteiger partial charge on any atom is 0.150 e. The molecule has 6 rings (SSSR count). The van der Waals surface area contributed by atoms with Crippen LogP contribution in [0.2, 0.25) is 0 Å². The summed E-state index contributed by atoms with van der Waals surface area (Å²) < 4.78 is 0. The van der Waals surface area contributed by atoms with Crippen molar-refractivity contribution in [2.75, 3.05) is 0 Å². The molecule has 2 nitrogen and oxygen atoms in total. The van der Waals surface area contributed by atoms with Gasteiger partial charge in [-0.2, -0.15) is 0 Å². The van der Waals surface area contributed by atoms with E-state index in [1.54, 1.807) is 0 Å². The molecule has 200 valence electrons. The zero-order chi connectivity index (χ0) is 28.7. The third-order valence-electron chi connectivity index (χ3n) is 7.48. The first-order chi connectivity index (χ1) is 20.7. The topological polar surface area (TPSA) is 34.1 Å². The van der Waals surface area contributed by atoms with E-state index in [0.717, 1.165) is 68.2 Å². The monoisotopic (exact) mass is 540 g/mol. The standard InChI is InChI=1S/C40H28O2/c41-27-29-11-15-31(16-12-29)33-19-23-37(24-20-33)39(35-7-3-1-4-8-35)40(36-9-5-2-6-10-36)38-25-21-34(22-26-38)32-17-13-30(28-42)14-18-32/h1-28H/b40-39-. The highest BCUT2D eigenvalue weighted by Crippen LogP contribution is 2.38. The van der Waals surface area contributed by atoms with Crippen LogP contribution in [0.25, 0.3) is 33.4 Å². The van der Waals surface area contributed by atoms with E-state index < -0.39 is 0 Å². The average molecular weight is 541 g/mol. The number of carbonyl (C=O) groups excluding carboxylic acids is 2. The molecule has 0 spiro atoms. The highest BCUT2D eigenvalue weighted by atomic mass is 16.1. The van der Waals surface area contributed by atoms with E-state index >= 15 is 0 Å². The number of aldehydes is 2. The Morgan fingerprint density at radius 3 is 0.857 bits per heavy atom. The van der Waals surface area contributed by atoms with Crippen LogP contribution >= 0.6 is 0 Å². The molecule has 0 unspecified atom stereocenters. The summed E-state index contributed by atoms with van der Waals surface area (Å²) in [6.45, 7) is 0. The van der Waals surface area contributed by atoms with Gasteiger partial charge in [-0.15, -0.1) is 0 Å². The average Bonchev–Trinajstić information content (AvgIpc) is 3.08. The van der Waals surface area contributed by atoms with Crippen LogP contribution in [0.15, 0.2) is 158 Å². The van der Waals surface area contributed by atoms with E-state index in [2.05, 4.69) is 97.1 Å². The fourth-order valence-corrected chi connectivity index (χ4v) is 5.29. The van der Waals surface area contributed by atoms with Gasteiger partial charge in [0.25, 0.3) is 0 Å². The van der Waals surface area contributed by atoms with Gasteiger partial charge in [0.2, 0.25) is 0 Å². The van der Waals surface area contributed by atoms with Crippen LogP contribution < -0.4 is 0 Å². The van der Waals surface area contributed by atoms with E-state index in [1.165, 1.54) is 0 Å². The second kappa shape index (κ2) is 12.3. The molecule has 0 aliphatic heterocycles. The smallest absolute Gasteiger partial charge is 0.150 e. The van der Waals surface area contributed by atoms with E-state index in [9.17, 15) is 9.59 Å². The Kier molecular flexibility index (Phi) is 7.78. The van der Waals surface area contributed by atoms with Gasteiger partial charge in [-0.25, -0.2) is 0 Å². The lowest BCUT2D eigenvalue weighted by atomic mass is 9.85. The highest BCUT2D eigenvalue weighted by Gasteiger charge is 2.16. The predicted octanol–water partition coefficient (Wildman–Crippen LogP) is 9.65. The lowest BCUT2D eigenvalue weighted by Crippen LogP contribution is -1.98. The third kappa shape index (κ3) is 5.65. The van der Waals surface area contributed by atoms with Gasteiger partial charge in [-0.1, -0.05) is 158 Å². The third-order valence-corrected chi connectivity index (χ3v) is 7.48. The first-order valence-corrected chi connectivity index (χ1v) is 13.9. The van der Waals surface area contributed by atoms with Crippen LogP contribution in [0.4, 0.5) is 0 Å². The van der Waals surface area contributed by atoms with Crippen LogP contribution in [-0.2, 0) is 0 Å². The van der Waals surface area contributed by atoms with Gasteiger partial charge >= 0.3 is 0 Å². The van der Waals surface area contributed by atoms with E-state index in [-0.39, 0.29) is 0 Å². The number of hydrogen-bond acceptors (Lipinski definition) is 2. The van der Waals surface area contributed by atoms with Crippen LogP contribution in [0.1, 0.15) is 43.0 Å². The van der Waals surface area contributed by atoms with E-state index in [4.69, 9.17) is 0 Å². The molecule has 0 heterocycles. The quantitative estimate of drug-likeness (QED) is 0.142. The summed E-state index contributed by atoms with van der Waals surface area (Å²) in [4.78, 5) is 22.2. The summed E-state index contributed by atoms with van der Waals surface area (Å²) >= 11 is 0. The zero-order valence-corrected chi connectivity index (χ0v) is 23.0. The molecule has 0 fully saturated rings. The van der Waals surface area contributed by atoms with Gasteiger partial charge < -0.3 is 0 Å². The number of benzene rings is 6. The van der Waals surface area contributed by atoms with Crippen molar-refractivity contribution in [3.05, 3.63) is 191 Å². The summed E-state index contributed by atoms with van der Waals surface area (Å²) in [5, 5.41) is 0. The summed E-state index contributed by atoms with van der Waals surface area (Å²) in [7, 11) is 0. The molecule has 0 saturated carbocycles.